The number of aromatic nitrogens is 2. The second-order valence-corrected chi connectivity index (χ2v) is 6.87. The monoisotopic (exact) mass is 339 g/mol. The molecule has 3 amide bonds. The van der Waals surface area contributed by atoms with Crippen molar-refractivity contribution in [3.63, 3.8) is 0 Å². The van der Waals surface area contributed by atoms with Gasteiger partial charge in [-0.3, -0.25) is 4.68 Å². The van der Waals surface area contributed by atoms with Crippen LogP contribution < -0.4 is 10.6 Å². The Morgan fingerprint density at radius 1 is 1.42 bits per heavy atom. The number of nitrogens with one attached hydrogen (secondary N) is 2. The molecule has 0 spiro atoms. The number of amides is 3. The molecular weight excluding hydrogens is 310 g/mol. The number of urea groups is 1. The first-order chi connectivity index (χ1) is 11.0. The summed E-state index contributed by atoms with van der Waals surface area (Å²) in [5.41, 5.74) is 1.32. The Kier molecular flexibility index (Phi) is 6.62. The largest absolute Gasteiger partial charge is 0.444 e. The number of aryl methyl sites for hydroxylation is 2. The Morgan fingerprint density at radius 3 is 2.54 bits per heavy atom. The van der Waals surface area contributed by atoms with Crippen molar-refractivity contribution in [1.29, 1.82) is 0 Å². The standard InChI is InChI=1S/C16H29N5O3/c1-11(13-10-21(7)19-12(13)2)18-14(22)17-8-9-20(6)15(23)24-16(3,4)5/h10-11H,8-9H2,1-7H3,(H2,17,18,22)/t11-/m0/s1. The molecule has 0 fully saturated rings. The van der Waals surface area contributed by atoms with Crippen molar-refractivity contribution in [3.05, 3.63) is 17.5 Å². The lowest BCUT2D eigenvalue weighted by Crippen LogP contribution is -2.42. The molecule has 8 heteroatoms. The molecule has 0 aliphatic rings. The zero-order valence-electron chi connectivity index (χ0n) is 15.6. The molecule has 1 rings (SSSR count). The first kappa shape index (κ1) is 19.8. The van der Waals surface area contributed by atoms with Crippen molar-refractivity contribution in [2.75, 3.05) is 20.1 Å². The molecule has 0 aromatic carbocycles. The molecule has 1 aromatic heterocycles. The summed E-state index contributed by atoms with van der Waals surface area (Å²) in [7, 11) is 3.48. The van der Waals surface area contributed by atoms with Gasteiger partial charge in [-0.05, 0) is 34.6 Å². The molecule has 0 aliphatic heterocycles. The van der Waals surface area contributed by atoms with Gasteiger partial charge in [0.15, 0.2) is 0 Å². The van der Waals surface area contributed by atoms with E-state index in [4.69, 9.17) is 4.74 Å². The van der Waals surface area contributed by atoms with Gasteiger partial charge in [0.1, 0.15) is 5.60 Å². The van der Waals surface area contributed by atoms with Crippen molar-refractivity contribution >= 4 is 12.1 Å². The first-order valence-corrected chi connectivity index (χ1v) is 7.98. The lowest BCUT2D eigenvalue weighted by molar-refractivity contribution is 0.0301. The molecule has 0 bridgehead atoms. The number of ether oxygens (including phenoxy) is 1. The van der Waals surface area contributed by atoms with E-state index in [0.29, 0.717) is 13.1 Å². The minimum Gasteiger partial charge on any atom is -0.444 e. The molecule has 0 unspecified atom stereocenters. The summed E-state index contributed by atoms with van der Waals surface area (Å²) in [5.74, 6) is 0. The zero-order valence-corrected chi connectivity index (χ0v) is 15.6. The maximum absolute atomic E-state index is 11.9. The highest BCUT2D eigenvalue weighted by Crippen LogP contribution is 2.15. The maximum Gasteiger partial charge on any atom is 0.410 e. The lowest BCUT2D eigenvalue weighted by atomic mass is 10.1. The summed E-state index contributed by atoms with van der Waals surface area (Å²) in [6.45, 7) is 9.94. The van der Waals surface area contributed by atoms with E-state index in [1.54, 1.807) is 11.7 Å². The highest BCUT2D eigenvalue weighted by molar-refractivity contribution is 5.74. The highest BCUT2D eigenvalue weighted by atomic mass is 16.6. The summed E-state index contributed by atoms with van der Waals surface area (Å²) in [6.07, 6.45) is 1.47. The summed E-state index contributed by atoms with van der Waals surface area (Å²) >= 11 is 0. The van der Waals surface area contributed by atoms with Crippen LogP contribution in [0, 0.1) is 6.92 Å². The van der Waals surface area contributed by atoms with Gasteiger partial charge in [-0.25, -0.2) is 9.59 Å². The van der Waals surface area contributed by atoms with Crippen LogP contribution in [0.2, 0.25) is 0 Å². The van der Waals surface area contributed by atoms with E-state index >= 15 is 0 Å². The van der Waals surface area contributed by atoms with E-state index in [1.807, 2.05) is 47.9 Å². The summed E-state index contributed by atoms with van der Waals surface area (Å²) in [4.78, 5) is 25.2. The van der Waals surface area contributed by atoms with Crippen LogP contribution in [0.4, 0.5) is 9.59 Å². The van der Waals surface area contributed by atoms with Gasteiger partial charge < -0.3 is 20.3 Å². The van der Waals surface area contributed by atoms with Crippen molar-refractivity contribution in [2.24, 2.45) is 7.05 Å². The van der Waals surface area contributed by atoms with Crippen LogP contribution in [0.3, 0.4) is 0 Å². The number of hydrogen-bond donors (Lipinski definition) is 2. The van der Waals surface area contributed by atoms with Crippen LogP contribution >= 0.6 is 0 Å². The molecule has 2 N–H and O–H groups in total. The second-order valence-electron chi connectivity index (χ2n) is 6.87. The number of carbonyl (C=O) groups excluding carboxylic acids is 2. The zero-order chi connectivity index (χ0) is 18.5. The van der Waals surface area contributed by atoms with Crippen LogP contribution in [0.25, 0.3) is 0 Å². The van der Waals surface area contributed by atoms with Crippen LogP contribution in [0.1, 0.15) is 45.0 Å². The van der Waals surface area contributed by atoms with Crippen LogP contribution in [-0.2, 0) is 11.8 Å². The molecule has 0 saturated heterocycles. The highest BCUT2D eigenvalue weighted by Gasteiger charge is 2.19. The Labute approximate surface area is 143 Å². The van der Waals surface area contributed by atoms with Gasteiger partial charge in [-0.1, -0.05) is 0 Å². The fraction of sp³-hybridized carbons (Fsp3) is 0.688. The van der Waals surface area contributed by atoms with Crippen LogP contribution in [0.5, 0.6) is 0 Å². The van der Waals surface area contributed by atoms with Gasteiger partial charge in [-0.15, -0.1) is 0 Å². The molecule has 0 saturated carbocycles. The molecule has 0 radical (unpaired) electrons. The summed E-state index contributed by atoms with van der Waals surface area (Å²) < 4.78 is 6.96. The predicted octanol–water partition coefficient (Wildman–Crippen LogP) is 1.96. The smallest absolute Gasteiger partial charge is 0.410 e. The molecule has 136 valence electrons. The topological polar surface area (TPSA) is 88.5 Å². The number of rotatable bonds is 5. The Hall–Kier alpha value is -2.25. The second kappa shape index (κ2) is 8.03. The summed E-state index contributed by atoms with van der Waals surface area (Å²) in [6, 6.07) is -0.439. The Balaban J connectivity index is 2.36. The fourth-order valence-electron chi connectivity index (χ4n) is 2.14. The third kappa shape index (κ3) is 6.47. The minimum absolute atomic E-state index is 0.151. The SMILES string of the molecule is Cc1nn(C)cc1[C@H](C)NC(=O)NCCN(C)C(=O)OC(C)(C)C. The van der Waals surface area contributed by atoms with Crippen LogP contribution in [-0.4, -0.2) is 52.5 Å². The lowest BCUT2D eigenvalue weighted by Gasteiger charge is -2.24. The molecule has 24 heavy (non-hydrogen) atoms. The Morgan fingerprint density at radius 2 is 2.04 bits per heavy atom. The number of likely N-dealkylation sites (N-methyl/N-ethyl adjacent to an activating group) is 1. The van der Waals surface area contributed by atoms with E-state index in [9.17, 15) is 9.59 Å². The summed E-state index contributed by atoms with van der Waals surface area (Å²) in [5, 5.41) is 9.85. The van der Waals surface area contributed by atoms with Gasteiger partial charge in [0.25, 0.3) is 0 Å². The molecule has 0 aliphatic carbocycles. The predicted molar refractivity (Wildman–Crippen MR) is 91.8 cm³/mol. The third-order valence-corrected chi connectivity index (χ3v) is 3.30. The Bertz CT molecular complexity index is 577. The van der Waals surface area contributed by atoms with E-state index in [2.05, 4.69) is 15.7 Å². The third-order valence-electron chi connectivity index (χ3n) is 3.30. The normalized spacial score (nSPS) is 12.5. The quantitative estimate of drug-likeness (QED) is 0.858. The number of carbonyl (C=O) groups is 2. The van der Waals surface area contributed by atoms with Crippen molar-refractivity contribution in [2.45, 2.75) is 46.3 Å². The van der Waals surface area contributed by atoms with E-state index in [-0.39, 0.29) is 12.1 Å². The average molecular weight is 339 g/mol. The van der Waals surface area contributed by atoms with Crippen molar-refractivity contribution in [3.8, 4) is 0 Å². The molecule has 1 aromatic rings. The first-order valence-electron chi connectivity index (χ1n) is 7.98. The van der Waals surface area contributed by atoms with Gasteiger partial charge in [0.2, 0.25) is 0 Å². The molecule has 1 heterocycles. The van der Waals surface area contributed by atoms with Crippen LogP contribution in [0.15, 0.2) is 6.20 Å². The van der Waals surface area contributed by atoms with Gasteiger partial charge in [-0.2, -0.15) is 5.10 Å². The van der Waals surface area contributed by atoms with E-state index in [1.165, 1.54) is 4.90 Å². The average Bonchev–Trinajstić information content (AvgIpc) is 2.75. The molecular formula is C16H29N5O3. The van der Waals surface area contributed by atoms with Gasteiger partial charge in [0, 0.05) is 38.9 Å². The minimum atomic E-state index is -0.535. The van der Waals surface area contributed by atoms with Crippen molar-refractivity contribution < 1.29 is 14.3 Å². The molecule has 1 atom stereocenters. The van der Waals surface area contributed by atoms with Gasteiger partial charge in [0.05, 0.1) is 11.7 Å². The van der Waals surface area contributed by atoms with Crippen molar-refractivity contribution in [1.82, 2.24) is 25.3 Å². The fourth-order valence-corrected chi connectivity index (χ4v) is 2.14. The number of nitrogens with zero attached hydrogens (tertiary/aromatic N) is 3. The van der Waals surface area contributed by atoms with E-state index in [0.717, 1.165) is 11.3 Å². The van der Waals surface area contributed by atoms with Gasteiger partial charge >= 0.3 is 12.1 Å². The van der Waals surface area contributed by atoms with E-state index < -0.39 is 11.7 Å². The maximum atomic E-state index is 11.9. The number of hydrogen-bond acceptors (Lipinski definition) is 4. The molecule has 8 nitrogen and oxygen atoms in total.